The molecule has 0 unspecified atom stereocenters. The normalized spacial score (nSPS) is 18.3. The van der Waals surface area contributed by atoms with Gasteiger partial charge in [-0.1, -0.05) is 42.5 Å². The Kier molecular flexibility index (Phi) is 5.34. The van der Waals surface area contributed by atoms with Crippen LogP contribution in [0.5, 0.6) is 0 Å². The van der Waals surface area contributed by atoms with Crippen molar-refractivity contribution >= 4 is 23.3 Å². The summed E-state index contributed by atoms with van der Waals surface area (Å²) in [5.74, 6) is -0.270. The third-order valence-electron chi connectivity index (χ3n) is 6.18. The summed E-state index contributed by atoms with van der Waals surface area (Å²) in [6.45, 7) is 2.51. The van der Waals surface area contributed by atoms with Crippen molar-refractivity contribution in [3.05, 3.63) is 66.6 Å². The van der Waals surface area contributed by atoms with Crippen LogP contribution >= 0.6 is 0 Å². The SMILES string of the molecule is O=C1Nc2c(-c3ccccc3)cnn2C[C@H]1CC(=O)N1CCN(c2ccccc2F)CC1. The molecule has 0 radical (unpaired) electrons. The first-order valence-electron chi connectivity index (χ1n) is 10.8. The number of rotatable bonds is 4. The van der Waals surface area contributed by atoms with Crippen molar-refractivity contribution in [2.24, 2.45) is 5.92 Å². The molecule has 2 aliphatic heterocycles. The molecule has 164 valence electrons. The summed E-state index contributed by atoms with van der Waals surface area (Å²) in [7, 11) is 0. The number of hydrogen-bond donors (Lipinski definition) is 1. The molecule has 7 nitrogen and oxygen atoms in total. The van der Waals surface area contributed by atoms with E-state index in [1.165, 1.54) is 6.07 Å². The summed E-state index contributed by atoms with van der Waals surface area (Å²) in [6.07, 6.45) is 1.88. The smallest absolute Gasteiger partial charge is 0.231 e. The van der Waals surface area contributed by atoms with Crippen LogP contribution in [0.3, 0.4) is 0 Å². The van der Waals surface area contributed by atoms with Crippen molar-refractivity contribution in [2.45, 2.75) is 13.0 Å². The summed E-state index contributed by atoms with van der Waals surface area (Å²) in [5.41, 5.74) is 2.41. The van der Waals surface area contributed by atoms with Crippen LogP contribution in [-0.2, 0) is 16.1 Å². The number of benzene rings is 2. The lowest BCUT2D eigenvalue weighted by Gasteiger charge is -2.37. The number of piperazine rings is 1. The van der Waals surface area contributed by atoms with Crippen LogP contribution in [0, 0.1) is 11.7 Å². The molecule has 8 heteroatoms. The van der Waals surface area contributed by atoms with Crippen molar-refractivity contribution in [3.63, 3.8) is 0 Å². The van der Waals surface area contributed by atoms with Gasteiger partial charge in [-0.2, -0.15) is 5.10 Å². The molecular formula is C24H24FN5O2. The summed E-state index contributed by atoms with van der Waals surface area (Å²) in [5, 5.41) is 7.37. The lowest BCUT2D eigenvalue weighted by molar-refractivity contribution is -0.135. The number of hydrogen-bond acceptors (Lipinski definition) is 4. The van der Waals surface area contributed by atoms with Gasteiger partial charge in [0.25, 0.3) is 0 Å². The Labute approximate surface area is 185 Å². The highest BCUT2D eigenvalue weighted by molar-refractivity contribution is 5.98. The second-order valence-corrected chi connectivity index (χ2v) is 8.16. The largest absolute Gasteiger partial charge is 0.366 e. The van der Waals surface area contributed by atoms with Gasteiger partial charge in [-0.05, 0) is 17.7 Å². The van der Waals surface area contributed by atoms with E-state index in [-0.39, 0.29) is 24.1 Å². The standard InChI is InChI=1S/C24H24FN5O2/c25-20-8-4-5-9-21(20)28-10-12-29(13-11-28)22(31)14-18-16-30-23(27-24(18)32)19(15-26-30)17-6-2-1-3-7-17/h1-9,15,18H,10-14,16H2,(H,27,32)/t18-/m1/s1. The molecule has 32 heavy (non-hydrogen) atoms. The van der Waals surface area contributed by atoms with Crippen LogP contribution in [0.2, 0.25) is 0 Å². The predicted molar refractivity (Wildman–Crippen MR) is 120 cm³/mol. The third kappa shape index (κ3) is 3.84. The van der Waals surface area contributed by atoms with E-state index in [0.717, 1.165) is 11.1 Å². The maximum atomic E-state index is 14.0. The van der Waals surface area contributed by atoms with Crippen LogP contribution in [0.15, 0.2) is 60.8 Å². The zero-order chi connectivity index (χ0) is 22.1. The zero-order valence-corrected chi connectivity index (χ0v) is 17.6. The first-order chi connectivity index (χ1) is 15.6. The molecule has 5 rings (SSSR count). The monoisotopic (exact) mass is 433 g/mol. The van der Waals surface area contributed by atoms with Gasteiger partial charge in [0.1, 0.15) is 11.6 Å². The second-order valence-electron chi connectivity index (χ2n) is 8.16. The van der Waals surface area contributed by atoms with Crippen LogP contribution in [0.1, 0.15) is 6.42 Å². The number of carbonyl (C=O) groups excluding carboxylic acids is 2. The molecule has 2 aliphatic rings. The Hall–Kier alpha value is -3.68. The number of carbonyl (C=O) groups is 2. The van der Waals surface area contributed by atoms with E-state index in [4.69, 9.17) is 0 Å². The van der Waals surface area contributed by atoms with Gasteiger partial charge in [-0.15, -0.1) is 0 Å². The Morgan fingerprint density at radius 2 is 1.75 bits per heavy atom. The molecular weight excluding hydrogens is 409 g/mol. The van der Waals surface area contributed by atoms with Gasteiger partial charge in [0.15, 0.2) is 0 Å². The molecule has 1 saturated heterocycles. The molecule has 2 amide bonds. The van der Waals surface area contributed by atoms with Gasteiger partial charge in [-0.3, -0.25) is 9.59 Å². The fraction of sp³-hybridized carbons (Fsp3) is 0.292. The van der Waals surface area contributed by atoms with Crippen molar-refractivity contribution in [1.82, 2.24) is 14.7 Å². The van der Waals surface area contributed by atoms with E-state index in [0.29, 0.717) is 44.2 Å². The summed E-state index contributed by atoms with van der Waals surface area (Å²) < 4.78 is 15.8. The molecule has 2 aromatic carbocycles. The van der Waals surface area contributed by atoms with Gasteiger partial charge < -0.3 is 15.1 Å². The Morgan fingerprint density at radius 3 is 2.50 bits per heavy atom. The fourth-order valence-electron chi connectivity index (χ4n) is 4.40. The molecule has 1 fully saturated rings. The van der Waals surface area contributed by atoms with Crippen molar-refractivity contribution in [1.29, 1.82) is 0 Å². The summed E-state index contributed by atoms with van der Waals surface area (Å²) in [6, 6.07) is 16.4. The van der Waals surface area contributed by atoms with E-state index in [1.807, 2.05) is 41.3 Å². The van der Waals surface area contributed by atoms with Crippen molar-refractivity contribution < 1.29 is 14.0 Å². The van der Waals surface area contributed by atoms with Gasteiger partial charge in [-0.25, -0.2) is 9.07 Å². The Bertz CT molecular complexity index is 1140. The highest BCUT2D eigenvalue weighted by Gasteiger charge is 2.33. The lowest BCUT2D eigenvalue weighted by atomic mass is 10.0. The Morgan fingerprint density at radius 1 is 1.03 bits per heavy atom. The Balaban J connectivity index is 1.21. The van der Waals surface area contributed by atoms with Crippen LogP contribution in [0.4, 0.5) is 15.9 Å². The minimum absolute atomic E-state index is 0.0581. The van der Waals surface area contributed by atoms with E-state index < -0.39 is 5.92 Å². The molecule has 1 aromatic heterocycles. The van der Waals surface area contributed by atoms with E-state index in [2.05, 4.69) is 10.4 Å². The predicted octanol–water partition coefficient (Wildman–Crippen LogP) is 3.00. The zero-order valence-electron chi connectivity index (χ0n) is 17.6. The minimum Gasteiger partial charge on any atom is -0.366 e. The van der Waals surface area contributed by atoms with E-state index in [1.54, 1.807) is 27.9 Å². The van der Waals surface area contributed by atoms with Gasteiger partial charge in [0, 0.05) is 38.2 Å². The molecule has 0 saturated carbocycles. The number of nitrogens with zero attached hydrogens (tertiary/aromatic N) is 4. The molecule has 0 bridgehead atoms. The molecule has 1 N–H and O–H groups in total. The number of halogens is 1. The minimum atomic E-state index is -0.469. The molecule has 1 atom stereocenters. The first-order valence-corrected chi connectivity index (χ1v) is 10.8. The van der Waals surface area contributed by atoms with Gasteiger partial charge in [0.05, 0.1) is 24.3 Å². The number of fused-ring (bicyclic) bond motifs is 1. The van der Waals surface area contributed by atoms with E-state index >= 15 is 0 Å². The maximum Gasteiger partial charge on any atom is 0.231 e. The van der Waals surface area contributed by atoms with Gasteiger partial charge in [0.2, 0.25) is 11.8 Å². The van der Waals surface area contributed by atoms with Gasteiger partial charge >= 0.3 is 0 Å². The number of para-hydroxylation sites is 1. The molecule has 0 spiro atoms. The summed E-state index contributed by atoms with van der Waals surface area (Å²) in [4.78, 5) is 29.4. The van der Waals surface area contributed by atoms with Crippen LogP contribution in [-0.4, -0.2) is 52.7 Å². The first kappa shape index (κ1) is 20.2. The highest BCUT2D eigenvalue weighted by atomic mass is 19.1. The number of amides is 2. The number of anilines is 2. The van der Waals surface area contributed by atoms with Crippen LogP contribution in [0.25, 0.3) is 11.1 Å². The molecule has 3 heterocycles. The van der Waals surface area contributed by atoms with Crippen LogP contribution < -0.4 is 10.2 Å². The number of nitrogens with one attached hydrogen (secondary N) is 1. The molecule has 3 aromatic rings. The number of aromatic nitrogens is 2. The van der Waals surface area contributed by atoms with Crippen molar-refractivity contribution in [2.75, 3.05) is 36.4 Å². The average molecular weight is 433 g/mol. The third-order valence-corrected chi connectivity index (χ3v) is 6.18. The second kappa shape index (κ2) is 8.45. The van der Waals surface area contributed by atoms with E-state index in [9.17, 15) is 14.0 Å². The summed E-state index contributed by atoms with van der Waals surface area (Å²) >= 11 is 0. The topological polar surface area (TPSA) is 70.5 Å². The molecule has 0 aliphatic carbocycles. The highest BCUT2D eigenvalue weighted by Crippen LogP contribution is 2.32. The fourth-order valence-corrected chi connectivity index (χ4v) is 4.40. The quantitative estimate of drug-likeness (QED) is 0.687. The maximum absolute atomic E-state index is 14.0. The lowest BCUT2D eigenvalue weighted by Crippen LogP contribution is -2.50. The van der Waals surface area contributed by atoms with Crippen molar-refractivity contribution in [3.8, 4) is 11.1 Å². The average Bonchev–Trinajstić information content (AvgIpc) is 3.23.